The molecule has 1 atom stereocenters. The number of nitrogens with zero attached hydrogens (tertiary/aromatic N) is 2. The average molecular weight is 401 g/mol. The Hall–Kier alpha value is -3.36. The van der Waals surface area contributed by atoms with E-state index in [9.17, 15) is 23.2 Å². The zero-order chi connectivity index (χ0) is 20.5. The molecule has 29 heavy (non-hydrogen) atoms. The number of alkyl halides is 2. The van der Waals surface area contributed by atoms with Crippen LogP contribution in [-0.2, 0) is 16.1 Å². The second kappa shape index (κ2) is 7.57. The summed E-state index contributed by atoms with van der Waals surface area (Å²) in [4.78, 5) is 42.2. The summed E-state index contributed by atoms with van der Waals surface area (Å²) in [5.74, 6) is -0.869. The van der Waals surface area contributed by atoms with Gasteiger partial charge in [0.05, 0.1) is 5.69 Å². The van der Waals surface area contributed by atoms with E-state index in [0.717, 1.165) is 0 Å². The van der Waals surface area contributed by atoms with Crippen LogP contribution in [0.3, 0.4) is 0 Å². The molecule has 0 aliphatic carbocycles. The van der Waals surface area contributed by atoms with Crippen molar-refractivity contribution < 1.29 is 27.9 Å². The molecule has 1 N–H and O–H groups in total. The van der Waals surface area contributed by atoms with E-state index in [1.807, 2.05) is 0 Å². The molecule has 1 aromatic carbocycles. The van der Waals surface area contributed by atoms with Gasteiger partial charge in [0.1, 0.15) is 18.4 Å². The molecule has 4 rings (SSSR count). The van der Waals surface area contributed by atoms with Gasteiger partial charge in [-0.2, -0.15) is 0 Å². The van der Waals surface area contributed by atoms with Gasteiger partial charge < -0.3 is 9.64 Å². The van der Waals surface area contributed by atoms with Gasteiger partial charge in [-0.25, -0.2) is 8.78 Å². The van der Waals surface area contributed by atoms with Crippen molar-refractivity contribution in [2.24, 2.45) is 0 Å². The number of nitrogens with one attached hydrogen (secondary N) is 1. The van der Waals surface area contributed by atoms with Crippen LogP contribution in [0, 0.1) is 0 Å². The van der Waals surface area contributed by atoms with Crippen LogP contribution >= 0.6 is 0 Å². The number of imide groups is 1. The zero-order valence-corrected chi connectivity index (χ0v) is 15.2. The Labute approximate surface area is 164 Å². The maximum atomic E-state index is 12.9. The summed E-state index contributed by atoms with van der Waals surface area (Å²) in [6.07, 6.45) is -0.694. The second-order valence-electron chi connectivity index (χ2n) is 6.81. The topological polar surface area (TPSA) is 88.6 Å². The van der Waals surface area contributed by atoms with E-state index in [4.69, 9.17) is 4.74 Å². The lowest BCUT2D eigenvalue weighted by Crippen LogP contribution is -2.52. The molecule has 0 radical (unpaired) electrons. The Morgan fingerprint density at radius 1 is 1.21 bits per heavy atom. The molecule has 1 unspecified atom stereocenters. The fourth-order valence-corrected chi connectivity index (χ4v) is 3.63. The van der Waals surface area contributed by atoms with Gasteiger partial charge in [-0.3, -0.25) is 24.7 Å². The summed E-state index contributed by atoms with van der Waals surface area (Å²) in [6, 6.07) is 7.46. The summed E-state index contributed by atoms with van der Waals surface area (Å²) in [5, 5.41) is 2.27. The fraction of sp³-hybridized carbons (Fsp3) is 0.300. The Morgan fingerprint density at radius 3 is 2.76 bits per heavy atom. The van der Waals surface area contributed by atoms with Gasteiger partial charge in [-0.1, -0.05) is 12.1 Å². The van der Waals surface area contributed by atoms with Crippen molar-refractivity contribution in [2.75, 3.05) is 6.61 Å². The van der Waals surface area contributed by atoms with Crippen LogP contribution in [0.15, 0.2) is 36.5 Å². The minimum atomic E-state index is -2.59. The number of halogens is 2. The molecule has 7 nitrogen and oxygen atoms in total. The Kier molecular flexibility index (Phi) is 4.96. The number of carbonyl (C=O) groups excluding carboxylic acids is 3. The van der Waals surface area contributed by atoms with Crippen LogP contribution in [0.4, 0.5) is 8.78 Å². The third-order valence-electron chi connectivity index (χ3n) is 4.97. The summed E-state index contributed by atoms with van der Waals surface area (Å²) in [5.41, 5.74) is 2.29. The summed E-state index contributed by atoms with van der Waals surface area (Å²) >= 11 is 0. The molecular formula is C20H17F2N3O4. The summed E-state index contributed by atoms with van der Waals surface area (Å²) in [7, 11) is 0. The molecule has 0 bridgehead atoms. The van der Waals surface area contributed by atoms with Crippen LogP contribution in [-0.4, -0.2) is 46.7 Å². The standard InChI is InChI=1S/C20H17F2N3O4/c21-17(22)10-29-11-6-7-23-15(8-11)12-2-1-3-13-14(12)9-25(20(13)28)16-4-5-18(26)24-19(16)27/h1-3,6-8,16-17H,4-5,9-10H2,(H,24,26,27). The van der Waals surface area contributed by atoms with Gasteiger partial charge in [0, 0.05) is 36.4 Å². The van der Waals surface area contributed by atoms with Gasteiger partial charge in [-0.05, 0) is 24.1 Å². The number of pyridine rings is 1. The zero-order valence-electron chi connectivity index (χ0n) is 15.2. The number of hydrogen-bond donors (Lipinski definition) is 1. The first kappa shape index (κ1) is 19.0. The third kappa shape index (κ3) is 3.67. The largest absolute Gasteiger partial charge is 0.488 e. The quantitative estimate of drug-likeness (QED) is 0.776. The highest BCUT2D eigenvalue weighted by atomic mass is 19.3. The van der Waals surface area contributed by atoms with Crippen LogP contribution in [0.25, 0.3) is 11.3 Å². The number of fused-ring (bicyclic) bond motifs is 1. The molecular weight excluding hydrogens is 384 g/mol. The van der Waals surface area contributed by atoms with E-state index in [1.165, 1.54) is 23.2 Å². The molecule has 2 aliphatic rings. The van der Waals surface area contributed by atoms with Crippen molar-refractivity contribution in [1.82, 2.24) is 15.2 Å². The first-order valence-corrected chi connectivity index (χ1v) is 9.08. The molecule has 1 aromatic heterocycles. The maximum Gasteiger partial charge on any atom is 0.272 e. The number of rotatable bonds is 5. The SMILES string of the molecule is O=C1CCC(N2Cc3c(cccc3-c3cc(OCC(F)F)ccn3)C2=O)C(=O)N1. The monoisotopic (exact) mass is 401 g/mol. The van der Waals surface area contributed by atoms with Gasteiger partial charge in [-0.15, -0.1) is 0 Å². The van der Waals surface area contributed by atoms with E-state index in [0.29, 0.717) is 22.4 Å². The second-order valence-corrected chi connectivity index (χ2v) is 6.81. The lowest BCUT2D eigenvalue weighted by molar-refractivity contribution is -0.136. The van der Waals surface area contributed by atoms with E-state index < -0.39 is 25.0 Å². The third-order valence-corrected chi connectivity index (χ3v) is 4.97. The van der Waals surface area contributed by atoms with Gasteiger partial charge in [0.25, 0.3) is 12.3 Å². The molecule has 3 amide bonds. The Balaban J connectivity index is 1.63. The van der Waals surface area contributed by atoms with Gasteiger partial charge in [0.2, 0.25) is 11.8 Å². The highest BCUT2D eigenvalue weighted by molar-refractivity contribution is 6.06. The average Bonchev–Trinajstić information content (AvgIpc) is 3.03. The van der Waals surface area contributed by atoms with Crippen molar-refractivity contribution in [3.63, 3.8) is 0 Å². The predicted octanol–water partition coefficient (Wildman–Crippen LogP) is 2.15. The van der Waals surface area contributed by atoms with Crippen LogP contribution < -0.4 is 10.1 Å². The first-order chi connectivity index (χ1) is 13.9. The summed E-state index contributed by atoms with van der Waals surface area (Å²) < 4.78 is 29.9. The number of hydrogen-bond acceptors (Lipinski definition) is 5. The van der Waals surface area contributed by atoms with Crippen molar-refractivity contribution in [2.45, 2.75) is 31.9 Å². The number of ether oxygens (including phenoxy) is 1. The predicted molar refractivity (Wildman–Crippen MR) is 97.2 cm³/mol. The van der Waals surface area contributed by atoms with Crippen molar-refractivity contribution >= 4 is 17.7 Å². The molecule has 1 fully saturated rings. The molecule has 1 saturated heterocycles. The van der Waals surface area contributed by atoms with Crippen LogP contribution in [0.2, 0.25) is 0 Å². The molecule has 150 valence electrons. The molecule has 3 heterocycles. The van der Waals surface area contributed by atoms with Crippen molar-refractivity contribution in [3.8, 4) is 17.0 Å². The van der Waals surface area contributed by atoms with E-state index in [-0.39, 0.29) is 37.0 Å². The van der Waals surface area contributed by atoms with Gasteiger partial charge >= 0.3 is 0 Å². The van der Waals surface area contributed by atoms with E-state index in [2.05, 4.69) is 10.3 Å². The van der Waals surface area contributed by atoms with E-state index >= 15 is 0 Å². The highest BCUT2D eigenvalue weighted by Crippen LogP contribution is 2.34. The fourth-order valence-electron chi connectivity index (χ4n) is 3.63. The lowest BCUT2D eigenvalue weighted by atomic mass is 10.0. The Morgan fingerprint density at radius 2 is 2.00 bits per heavy atom. The van der Waals surface area contributed by atoms with Crippen LogP contribution in [0.1, 0.15) is 28.8 Å². The summed E-state index contributed by atoms with van der Waals surface area (Å²) in [6.45, 7) is -0.529. The molecule has 2 aliphatic heterocycles. The first-order valence-electron chi connectivity index (χ1n) is 9.08. The molecule has 2 aromatic rings. The van der Waals surface area contributed by atoms with Crippen molar-refractivity contribution in [3.05, 3.63) is 47.7 Å². The minimum absolute atomic E-state index is 0.175. The number of amides is 3. The minimum Gasteiger partial charge on any atom is -0.488 e. The lowest BCUT2D eigenvalue weighted by Gasteiger charge is -2.29. The van der Waals surface area contributed by atoms with Crippen molar-refractivity contribution in [1.29, 1.82) is 0 Å². The number of carbonyl (C=O) groups is 3. The Bertz CT molecular complexity index is 995. The highest BCUT2D eigenvalue weighted by Gasteiger charge is 2.39. The van der Waals surface area contributed by atoms with Crippen LogP contribution in [0.5, 0.6) is 5.75 Å². The van der Waals surface area contributed by atoms with Gasteiger partial charge in [0.15, 0.2) is 0 Å². The molecule has 0 saturated carbocycles. The van der Waals surface area contributed by atoms with E-state index in [1.54, 1.807) is 18.2 Å². The number of benzene rings is 1. The number of aromatic nitrogens is 1. The normalized spacial score (nSPS) is 18.8. The maximum absolute atomic E-state index is 12.9. The molecule has 9 heteroatoms. The number of piperidine rings is 1. The molecule has 0 spiro atoms. The smallest absolute Gasteiger partial charge is 0.272 e.